The molecule has 0 radical (unpaired) electrons. The molecule has 2 aromatic rings. The van der Waals surface area contributed by atoms with Crippen molar-refractivity contribution in [2.45, 2.75) is 26.1 Å². The monoisotopic (exact) mass is 291 g/mol. The molecule has 2 atom stereocenters. The summed E-state index contributed by atoms with van der Waals surface area (Å²) in [6.45, 7) is 5.56. The highest BCUT2D eigenvalue weighted by molar-refractivity contribution is 5.90. The minimum absolute atomic E-state index is 0.126. The van der Waals surface area contributed by atoms with Gasteiger partial charge in [0, 0.05) is 24.5 Å². The molecule has 3 rings (SSSR count). The van der Waals surface area contributed by atoms with Gasteiger partial charge < -0.3 is 14.4 Å². The molecule has 0 N–H and O–H groups in total. The number of benzene rings is 1. The zero-order valence-corrected chi connectivity index (χ0v) is 12.3. The number of fused-ring (bicyclic) bond motifs is 1. The number of hydrogen-bond acceptors (Lipinski definition) is 5. The van der Waals surface area contributed by atoms with Gasteiger partial charge in [-0.3, -0.25) is 0 Å². The Labute approximate surface area is 122 Å². The Morgan fingerprint density at radius 3 is 2.62 bits per heavy atom. The molecule has 0 bridgehead atoms. The average Bonchev–Trinajstić information content (AvgIpc) is 2.44. The van der Waals surface area contributed by atoms with Crippen LogP contribution in [0.25, 0.3) is 10.9 Å². The molecule has 2 unspecified atom stereocenters. The number of ether oxygens (including phenoxy) is 2. The standard InChI is InChI=1S/C15H18FN3O2/c1-9-6-19(7-10(2)21-9)15-11-4-14(20-3)12(16)5-13(11)17-8-18-15/h4-5,8-10H,6-7H2,1-3H3. The third-order valence-corrected chi connectivity index (χ3v) is 3.61. The summed E-state index contributed by atoms with van der Waals surface area (Å²) in [4.78, 5) is 10.7. The molecule has 0 aliphatic carbocycles. The van der Waals surface area contributed by atoms with Crippen LogP contribution in [-0.2, 0) is 4.74 Å². The van der Waals surface area contributed by atoms with Gasteiger partial charge in [-0.2, -0.15) is 0 Å². The lowest BCUT2D eigenvalue weighted by atomic mass is 10.1. The fourth-order valence-electron chi connectivity index (χ4n) is 2.80. The number of methoxy groups -OCH3 is 1. The van der Waals surface area contributed by atoms with Gasteiger partial charge in [0.15, 0.2) is 11.6 Å². The summed E-state index contributed by atoms with van der Waals surface area (Å²) in [5.74, 6) is 0.576. The van der Waals surface area contributed by atoms with Gasteiger partial charge in [-0.1, -0.05) is 0 Å². The van der Waals surface area contributed by atoms with Gasteiger partial charge in [0.1, 0.15) is 12.1 Å². The molecule has 5 nitrogen and oxygen atoms in total. The molecular formula is C15H18FN3O2. The van der Waals surface area contributed by atoms with Crippen LogP contribution in [-0.4, -0.2) is 42.4 Å². The maximum atomic E-state index is 13.8. The van der Waals surface area contributed by atoms with E-state index in [0.29, 0.717) is 5.52 Å². The first kappa shape index (κ1) is 14.0. The van der Waals surface area contributed by atoms with Crippen LogP contribution in [0.15, 0.2) is 18.5 Å². The summed E-state index contributed by atoms with van der Waals surface area (Å²) in [6, 6.07) is 3.04. The van der Waals surface area contributed by atoms with Crippen molar-refractivity contribution in [2.24, 2.45) is 0 Å². The Morgan fingerprint density at radius 2 is 1.95 bits per heavy atom. The van der Waals surface area contributed by atoms with Gasteiger partial charge in [0.25, 0.3) is 0 Å². The number of hydrogen-bond donors (Lipinski definition) is 0. The number of rotatable bonds is 2. The van der Waals surface area contributed by atoms with Gasteiger partial charge in [-0.05, 0) is 19.9 Å². The van der Waals surface area contributed by atoms with Crippen molar-refractivity contribution in [1.29, 1.82) is 0 Å². The molecule has 1 aromatic heterocycles. The van der Waals surface area contributed by atoms with Crippen LogP contribution < -0.4 is 9.64 Å². The van der Waals surface area contributed by atoms with E-state index in [2.05, 4.69) is 14.9 Å². The zero-order valence-electron chi connectivity index (χ0n) is 12.3. The van der Waals surface area contributed by atoms with Gasteiger partial charge >= 0.3 is 0 Å². The number of aromatic nitrogens is 2. The first-order chi connectivity index (χ1) is 10.1. The number of nitrogens with zero attached hydrogens (tertiary/aromatic N) is 3. The van der Waals surface area contributed by atoms with Crippen LogP contribution in [0.2, 0.25) is 0 Å². The predicted octanol–water partition coefficient (Wildman–Crippen LogP) is 2.39. The lowest BCUT2D eigenvalue weighted by Crippen LogP contribution is -2.45. The normalized spacial score (nSPS) is 22.6. The van der Waals surface area contributed by atoms with Gasteiger partial charge in [-0.25, -0.2) is 14.4 Å². The van der Waals surface area contributed by atoms with Crippen LogP contribution in [0.5, 0.6) is 5.75 Å². The molecule has 2 heterocycles. The minimum Gasteiger partial charge on any atom is -0.494 e. The van der Waals surface area contributed by atoms with Crippen molar-refractivity contribution in [3.63, 3.8) is 0 Å². The van der Waals surface area contributed by atoms with E-state index in [4.69, 9.17) is 9.47 Å². The van der Waals surface area contributed by atoms with Gasteiger partial charge in [-0.15, -0.1) is 0 Å². The molecular weight excluding hydrogens is 273 g/mol. The van der Waals surface area contributed by atoms with Crippen molar-refractivity contribution < 1.29 is 13.9 Å². The summed E-state index contributed by atoms with van der Waals surface area (Å²) in [7, 11) is 1.45. The second kappa shape index (κ2) is 5.44. The van der Waals surface area contributed by atoms with E-state index in [1.807, 2.05) is 13.8 Å². The first-order valence-electron chi connectivity index (χ1n) is 6.97. The number of morpholine rings is 1. The SMILES string of the molecule is COc1cc2c(N3CC(C)OC(C)C3)ncnc2cc1F. The Kier molecular flexibility index (Phi) is 3.63. The van der Waals surface area contributed by atoms with Crippen molar-refractivity contribution in [3.05, 3.63) is 24.3 Å². The fraction of sp³-hybridized carbons (Fsp3) is 0.467. The summed E-state index contributed by atoms with van der Waals surface area (Å²) >= 11 is 0. The summed E-state index contributed by atoms with van der Waals surface area (Å²) < 4.78 is 24.6. The molecule has 1 aliphatic heterocycles. The van der Waals surface area contributed by atoms with E-state index >= 15 is 0 Å². The van der Waals surface area contributed by atoms with Crippen molar-refractivity contribution in [2.75, 3.05) is 25.1 Å². The Bertz CT molecular complexity index is 655. The Morgan fingerprint density at radius 1 is 1.24 bits per heavy atom. The Balaban J connectivity index is 2.09. The quantitative estimate of drug-likeness (QED) is 0.850. The van der Waals surface area contributed by atoms with Gasteiger partial charge in [0.05, 0.1) is 24.8 Å². The second-order valence-corrected chi connectivity index (χ2v) is 5.36. The van der Waals surface area contributed by atoms with Crippen molar-refractivity contribution in [3.8, 4) is 5.75 Å². The molecule has 112 valence electrons. The summed E-state index contributed by atoms with van der Waals surface area (Å²) in [6.07, 6.45) is 1.72. The molecule has 0 saturated carbocycles. The minimum atomic E-state index is -0.418. The third kappa shape index (κ3) is 2.63. The van der Waals surface area contributed by atoms with E-state index < -0.39 is 5.82 Å². The summed E-state index contributed by atoms with van der Waals surface area (Å²) in [5, 5.41) is 0.789. The molecule has 0 spiro atoms. The lowest BCUT2D eigenvalue weighted by molar-refractivity contribution is -0.00537. The van der Waals surface area contributed by atoms with Crippen LogP contribution in [0.4, 0.5) is 10.2 Å². The fourth-order valence-corrected chi connectivity index (χ4v) is 2.80. The van der Waals surface area contributed by atoms with Crippen LogP contribution in [0.3, 0.4) is 0 Å². The van der Waals surface area contributed by atoms with Crippen molar-refractivity contribution in [1.82, 2.24) is 9.97 Å². The maximum Gasteiger partial charge on any atom is 0.167 e. The second-order valence-electron chi connectivity index (χ2n) is 5.36. The zero-order chi connectivity index (χ0) is 15.0. The lowest BCUT2D eigenvalue weighted by Gasteiger charge is -2.36. The molecule has 1 saturated heterocycles. The highest BCUT2D eigenvalue weighted by Gasteiger charge is 2.25. The average molecular weight is 291 g/mol. The molecule has 1 fully saturated rings. The van der Waals surface area contributed by atoms with Crippen LogP contribution >= 0.6 is 0 Å². The van der Waals surface area contributed by atoms with E-state index in [-0.39, 0.29) is 18.0 Å². The van der Waals surface area contributed by atoms with Crippen LogP contribution in [0.1, 0.15) is 13.8 Å². The molecule has 1 aliphatic rings. The largest absolute Gasteiger partial charge is 0.494 e. The van der Waals surface area contributed by atoms with Crippen molar-refractivity contribution >= 4 is 16.7 Å². The molecule has 1 aromatic carbocycles. The topological polar surface area (TPSA) is 47.5 Å². The van der Waals surface area contributed by atoms with E-state index in [1.54, 1.807) is 6.07 Å². The first-order valence-corrected chi connectivity index (χ1v) is 6.97. The van der Waals surface area contributed by atoms with Crippen LogP contribution in [0, 0.1) is 5.82 Å². The van der Waals surface area contributed by atoms with E-state index in [1.165, 1.54) is 19.5 Å². The predicted molar refractivity (Wildman–Crippen MR) is 78.3 cm³/mol. The van der Waals surface area contributed by atoms with Gasteiger partial charge in [0.2, 0.25) is 0 Å². The van der Waals surface area contributed by atoms with E-state index in [0.717, 1.165) is 24.3 Å². The maximum absolute atomic E-state index is 13.8. The number of halogens is 1. The smallest absolute Gasteiger partial charge is 0.167 e. The third-order valence-electron chi connectivity index (χ3n) is 3.61. The highest BCUT2D eigenvalue weighted by Crippen LogP contribution is 2.30. The highest BCUT2D eigenvalue weighted by atomic mass is 19.1. The molecule has 21 heavy (non-hydrogen) atoms. The molecule has 0 amide bonds. The number of anilines is 1. The Hall–Kier alpha value is -1.95. The summed E-state index contributed by atoms with van der Waals surface area (Å²) in [5.41, 5.74) is 0.574. The molecule has 6 heteroatoms. The van der Waals surface area contributed by atoms with E-state index in [9.17, 15) is 4.39 Å².